The first-order valence-electron chi connectivity index (χ1n) is 15.0. The van der Waals surface area contributed by atoms with E-state index in [1.165, 1.54) is 17.0 Å². The number of hydrogen-bond donors (Lipinski definition) is 1. The van der Waals surface area contributed by atoms with Gasteiger partial charge in [0.2, 0.25) is 11.8 Å². The molecule has 0 heterocycles. The van der Waals surface area contributed by atoms with Crippen LogP contribution in [0, 0.1) is 19.8 Å². The minimum Gasteiger partial charge on any atom is -0.354 e. The standard InChI is InChI=1S/C36H40ClN3O4S/c1-26(2)23-38-36(42)34(22-29-13-7-5-8-14-29)39(24-30-15-11-12-18-32(30)37)35(41)25-40(33-21-27(3)19-20-28(33)4)45(43,44)31-16-9-6-10-17-31/h5-21,26,34H,22-25H2,1-4H3,(H,38,42). The summed E-state index contributed by atoms with van der Waals surface area (Å²) in [6.45, 7) is 7.59. The van der Waals surface area contributed by atoms with Crippen LogP contribution in [0.25, 0.3) is 0 Å². The fourth-order valence-electron chi connectivity index (χ4n) is 5.01. The molecule has 1 unspecified atom stereocenters. The largest absolute Gasteiger partial charge is 0.354 e. The SMILES string of the molecule is Cc1ccc(C)c(N(CC(=O)N(Cc2ccccc2Cl)C(Cc2ccccc2)C(=O)NCC(C)C)S(=O)(=O)c2ccccc2)c1. The van der Waals surface area contributed by atoms with Crippen LogP contribution in [0.15, 0.2) is 108 Å². The Kier molecular flexibility index (Phi) is 11.4. The van der Waals surface area contributed by atoms with E-state index in [1.54, 1.807) is 42.5 Å². The second-order valence-electron chi connectivity index (χ2n) is 11.6. The summed E-state index contributed by atoms with van der Waals surface area (Å²) >= 11 is 6.57. The van der Waals surface area contributed by atoms with E-state index in [9.17, 15) is 18.0 Å². The van der Waals surface area contributed by atoms with Crippen LogP contribution in [-0.2, 0) is 32.6 Å². The number of carbonyl (C=O) groups excluding carboxylic acids is 2. The van der Waals surface area contributed by atoms with Crippen molar-refractivity contribution in [1.82, 2.24) is 10.2 Å². The third-order valence-electron chi connectivity index (χ3n) is 7.50. The summed E-state index contributed by atoms with van der Waals surface area (Å²) in [4.78, 5) is 30.0. The van der Waals surface area contributed by atoms with E-state index < -0.39 is 28.5 Å². The molecule has 0 radical (unpaired) electrons. The molecule has 0 aliphatic carbocycles. The van der Waals surface area contributed by atoms with E-state index >= 15 is 0 Å². The van der Waals surface area contributed by atoms with Gasteiger partial charge < -0.3 is 10.2 Å². The van der Waals surface area contributed by atoms with Gasteiger partial charge in [0.15, 0.2) is 0 Å². The van der Waals surface area contributed by atoms with Gasteiger partial charge in [-0.15, -0.1) is 0 Å². The molecule has 0 spiro atoms. The van der Waals surface area contributed by atoms with E-state index in [1.807, 2.05) is 76.2 Å². The van der Waals surface area contributed by atoms with Gasteiger partial charge in [0.05, 0.1) is 10.6 Å². The van der Waals surface area contributed by atoms with Gasteiger partial charge >= 0.3 is 0 Å². The fraction of sp³-hybridized carbons (Fsp3) is 0.278. The molecule has 1 atom stereocenters. The molecule has 0 saturated heterocycles. The molecule has 0 aliphatic rings. The quantitative estimate of drug-likeness (QED) is 0.178. The maximum atomic E-state index is 14.6. The molecule has 0 bridgehead atoms. The van der Waals surface area contributed by atoms with Crippen LogP contribution in [0.1, 0.15) is 36.1 Å². The zero-order chi connectivity index (χ0) is 32.6. The molecular formula is C36H40ClN3O4S. The van der Waals surface area contributed by atoms with Crippen molar-refractivity contribution in [3.8, 4) is 0 Å². The number of aryl methyl sites for hydroxylation is 2. The van der Waals surface area contributed by atoms with Gasteiger partial charge in [-0.05, 0) is 66.3 Å². The van der Waals surface area contributed by atoms with Crippen molar-refractivity contribution in [3.05, 3.63) is 130 Å². The van der Waals surface area contributed by atoms with Crippen molar-refractivity contribution in [2.75, 3.05) is 17.4 Å². The van der Waals surface area contributed by atoms with Crippen molar-refractivity contribution >= 4 is 39.1 Å². The lowest BCUT2D eigenvalue weighted by molar-refractivity contribution is -0.140. The smallest absolute Gasteiger partial charge is 0.264 e. The Bertz CT molecular complexity index is 1710. The van der Waals surface area contributed by atoms with Gasteiger partial charge in [-0.3, -0.25) is 13.9 Å². The van der Waals surface area contributed by atoms with E-state index in [0.29, 0.717) is 28.4 Å². The zero-order valence-electron chi connectivity index (χ0n) is 26.1. The first kappa shape index (κ1) is 33.7. The van der Waals surface area contributed by atoms with Crippen molar-refractivity contribution < 1.29 is 18.0 Å². The lowest BCUT2D eigenvalue weighted by atomic mass is 10.0. The highest BCUT2D eigenvalue weighted by Gasteiger charge is 2.35. The number of rotatable bonds is 13. The van der Waals surface area contributed by atoms with Crippen molar-refractivity contribution in [2.24, 2.45) is 5.92 Å². The number of anilines is 1. The van der Waals surface area contributed by atoms with E-state index in [4.69, 9.17) is 11.6 Å². The Morgan fingerprint density at radius 2 is 1.47 bits per heavy atom. The highest BCUT2D eigenvalue weighted by Crippen LogP contribution is 2.29. The maximum absolute atomic E-state index is 14.6. The minimum absolute atomic E-state index is 0.0110. The molecule has 45 heavy (non-hydrogen) atoms. The number of amides is 2. The molecule has 4 aromatic rings. The average Bonchev–Trinajstić information content (AvgIpc) is 3.03. The highest BCUT2D eigenvalue weighted by molar-refractivity contribution is 7.92. The Labute approximate surface area is 271 Å². The Morgan fingerprint density at radius 3 is 2.11 bits per heavy atom. The molecule has 1 N–H and O–H groups in total. The molecule has 4 rings (SSSR count). The lowest BCUT2D eigenvalue weighted by Crippen LogP contribution is -2.53. The number of halogens is 1. The monoisotopic (exact) mass is 645 g/mol. The molecule has 9 heteroatoms. The second kappa shape index (κ2) is 15.2. The topological polar surface area (TPSA) is 86.8 Å². The van der Waals surface area contributed by atoms with Gasteiger partial charge in [-0.25, -0.2) is 8.42 Å². The third kappa shape index (κ3) is 8.74. The van der Waals surface area contributed by atoms with Crippen LogP contribution < -0.4 is 9.62 Å². The summed E-state index contributed by atoms with van der Waals surface area (Å²) < 4.78 is 29.5. The molecule has 4 aromatic carbocycles. The number of carbonyl (C=O) groups is 2. The molecular weight excluding hydrogens is 606 g/mol. The summed E-state index contributed by atoms with van der Waals surface area (Å²) in [7, 11) is -4.17. The van der Waals surface area contributed by atoms with E-state index in [2.05, 4.69) is 5.32 Å². The van der Waals surface area contributed by atoms with Gasteiger partial charge in [-0.2, -0.15) is 0 Å². The number of sulfonamides is 1. The highest BCUT2D eigenvalue weighted by atomic mass is 35.5. The average molecular weight is 646 g/mol. The van der Waals surface area contributed by atoms with Crippen LogP contribution in [0.4, 0.5) is 5.69 Å². The Hall–Kier alpha value is -4.14. The predicted octanol–water partition coefficient (Wildman–Crippen LogP) is 6.56. The fourth-order valence-corrected chi connectivity index (χ4v) is 6.69. The maximum Gasteiger partial charge on any atom is 0.264 e. The molecule has 7 nitrogen and oxygen atoms in total. The first-order chi connectivity index (χ1) is 21.5. The van der Waals surface area contributed by atoms with Gasteiger partial charge in [-0.1, -0.05) is 104 Å². The molecule has 236 valence electrons. The minimum atomic E-state index is -4.17. The van der Waals surface area contributed by atoms with Gasteiger partial charge in [0.25, 0.3) is 10.0 Å². The third-order valence-corrected chi connectivity index (χ3v) is 9.64. The van der Waals surface area contributed by atoms with E-state index in [-0.39, 0.29) is 29.7 Å². The van der Waals surface area contributed by atoms with Crippen molar-refractivity contribution in [3.63, 3.8) is 0 Å². The second-order valence-corrected chi connectivity index (χ2v) is 13.8. The number of nitrogens with one attached hydrogen (secondary N) is 1. The summed E-state index contributed by atoms with van der Waals surface area (Å²) in [5.74, 6) is -0.664. The zero-order valence-corrected chi connectivity index (χ0v) is 27.7. The molecule has 0 fully saturated rings. The summed E-state index contributed by atoms with van der Waals surface area (Å²) in [6, 6.07) is 29.2. The molecule has 0 aliphatic heterocycles. The summed E-state index contributed by atoms with van der Waals surface area (Å²) in [5.41, 5.74) is 3.45. The van der Waals surface area contributed by atoms with Crippen molar-refractivity contribution in [1.29, 1.82) is 0 Å². The molecule has 0 saturated carbocycles. The summed E-state index contributed by atoms with van der Waals surface area (Å²) in [6.07, 6.45) is 0.232. The number of benzene rings is 4. The van der Waals surface area contributed by atoms with Crippen LogP contribution in [0.3, 0.4) is 0 Å². The van der Waals surface area contributed by atoms with Crippen molar-refractivity contribution in [2.45, 2.75) is 51.6 Å². The Balaban J connectivity index is 1.83. The Morgan fingerprint density at radius 1 is 0.844 bits per heavy atom. The number of hydrogen-bond acceptors (Lipinski definition) is 4. The molecule has 2 amide bonds. The summed E-state index contributed by atoms with van der Waals surface area (Å²) in [5, 5.41) is 3.44. The number of nitrogens with zero attached hydrogens (tertiary/aromatic N) is 2. The van der Waals surface area contributed by atoms with Crippen LogP contribution >= 0.6 is 11.6 Å². The first-order valence-corrected chi connectivity index (χ1v) is 16.8. The molecule has 0 aromatic heterocycles. The van der Waals surface area contributed by atoms with Crippen LogP contribution in [0.2, 0.25) is 5.02 Å². The predicted molar refractivity (Wildman–Crippen MR) is 181 cm³/mol. The van der Waals surface area contributed by atoms with Crippen LogP contribution in [0.5, 0.6) is 0 Å². The van der Waals surface area contributed by atoms with Gasteiger partial charge in [0.1, 0.15) is 12.6 Å². The van der Waals surface area contributed by atoms with E-state index in [0.717, 1.165) is 15.4 Å². The van der Waals surface area contributed by atoms with Gasteiger partial charge in [0, 0.05) is 24.5 Å². The van der Waals surface area contributed by atoms with Crippen LogP contribution in [-0.4, -0.2) is 44.3 Å². The lowest BCUT2D eigenvalue weighted by Gasteiger charge is -2.34. The normalized spacial score (nSPS) is 12.0.